The van der Waals surface area contributed by atoms with Crippen molar-refractivity contribution in [3.63, 3.8) is 0 Å². The lowest BCUT2D eigenvalue weighted by Gasteiger charge is -2.61. The molecule has 2 bridgehead atoms. The van der Waals surface area contributed by atoms with Crippen LogP contribution in [0.5, 0.6) is 0 Å². The van der Waals surface area contributed by atoms with Crippen LogP contribution in [0.4, 0.5) is 8.78 Å². The third-order valence-corrected chi connectivity index (χ3v) is 4.94. The Morgan fingerprint density at radius 1 is 1.17 bits per heavy atom. The maximum atomic E-state index is 13.4. The van der Waals surface area contributed by atoms with E-state index in [1.165, 1.54) is 18.3 Å². The van der Waals surface area contributed by atoms with Crippen molar-refractivity contribution in [2.75, 3.05) is 0 Å². The van der Waals surface area contributed by atoms with Crippen LogP contribution < -0.4 is 5.32 Å². The average Bonchev–Trinajstić information content (AvgIpc) is 2.40. The van der Waals surface area contributed by atoms with Gasteiger partial charge in [-0.2, -0.15) is 0 Å². The Kier molecular flexibility index (Phi) is 3.01. The molecule has 3 fully saturated rings. The number of halogens is 2. The van der Waals surface area contributed by atoms with Crippen LogP contribution in [0.15, 0.2) is 30.5 Å². The van der Waals surface area contributed by atoms with Gasteiger partial charge < -0.3 is 5.32 Å². The summed E-state index contributed by atoms with van der Waals surface area (Å²) in [6.07, 6.45) is 4.68. The standard InChI is InChI=1S/C18H16F2N2O/c1-10-16(12-2-14(19)5-15(20)3-12)4-13(9-21-10)17(23)22-18-6-11(7-18)8-18/h2-5,9,11H,6-8H2,1H3,(H,22,23). The van der Waals surface area contributed by atoms with E-state index in [4.69, 9.17) is 0 Å². The van der Waals surface area contributed by atoms with Crippen molar-refractivity contribution in [3.05, 3.63) is 53.4 Å². The van der Waals surface area contributed by atoms with Gasteiger partial charge in [0, 0.05) is 29.1 Å². The van der Waals surface area contributed by atoms with Crippen molar-refractivity contribution in [2.24, 2.45) is 5.92 Å². The van der Waals surface area contributed by atoms with E-state index in [1.807, 2.05) is 0 Å². The van der Waals surface area contributed by atoms with Gasteiger partial charge in [-0.05, 0) is 55.9 Å². The fraction of sp³-hybridized carbons (Fsp3) is 0.333. The Morgan fingerprint density at radius 2 is 1.83 bits per heavy atom. The van der Waals surface area contributed by atoms with Gasteiger partial charge in [-0.3, -0.25) is 9.78 Å². The van der Waals surface area contributed by atoms with Gasteiger partial charge in [0.1, 0.15) is 11.6 Å². The quantitative estimate of drug-likeness (QED) is 0.940. The summed E-state index contributed by atoms with van der Waals surface area (Å²) in [5.41, 5.74) is 1.97. The Bertz CT molecular complexity index is 781. The van der Waals surface area contributed by atoms with Crippen LogP contribution in [0, 0.1) is 24.5 Å². The van der Waals surface area contributed by atoms with Crippen LogP contribution in [0.1, 0.15) is 35.3 Å². The lowest BCUT2D eigenvalue weighted by atomic mass is 9.50. The summed E-state index contributed by atoms with van der Waals surface area (Å²) < 4.78 is 26.9. The number of nitrogens with zero attached hydrogens (tertiary/aromatic N) is 1. The summed E-state index contributed by atoms with van der Waals surface area (Å²) >= 11 is 0. The maximum absolute atomic E-state index is 13.4. The molecule has 0 aliphatic heterocycles. The first-order valence-corrected chi connectivity index (χ1v) is 7.70. The first-order chi connectivity index (χ1) is 10.9. The number of carbonyl (C=O) groups is 1. The van der Waals surface area contributed by atoms with Crippen molar-refractivity contribution in [1.29, 1.82) is 0 Å². The molecule has 1 amide bonds. The van der Waals surface area contributed by atoms with E-state index in [0.717, 1.165) is 31.2 Å². The Labute approximate surface area is 132 Å². The lowest BCUT2D eigenvalue weighted by Crippen LogP contribution is -2.68. The molecule has 3 aliphatic carbocycles. The molecule has 1 aromatic heterocycles. The number of aryl methyl sites for hydroxylation is 1. The highest BCUT2D eigenvalue weighted by Crippen LogP contribution is 2.57. The second-order valence-corrected chi connectivity index (χ2v) is 6.73. The van der Waals surface area contributed by atoms with E-state index in [0.29, 0.717) is 22.4 Å². The topological polar surface area (TPSA) is 42.0 Å². The molecule has 5 rings (SSSR count). The molecule has 0 atom stereocenters. The molecular weight excluding hydrogens is 298 g/mol. The van der Waals surface area contributed by atoms with Crippen LogP contribution in [0.25, 0.3) is 11.1 Å². The Hall–Kier alpha value is -2.30. The van der Waals surface area contributed by atoms with Gasteiger partial charge in [0.15, 0.2) is 0 Å². The van der Waals surface area contributed by atoms with Gasteiger partial charge in [0.05, 0.1) is 5.56 Å². The molecule has 0 spiro atoms. The minimum absolute atomic E-state index is 0.0161. The van der Waals surface area contributed by atoms with Crippen LogP contribution >= 0.6 is 0 Å². The summed E-state index contributed by atoms with van der Waals surface area (Å²) in [5.74, 6) is -0.697. The normalized spacial score (nSPS) is 24.6. The van der Waals surface area contributed by atoms with Crippen LogP contribution in [0.3, 0.4) is 0 Å². The van der Waals surface area contributed by atoms with Crippen LogP contribution in [-0.2, 0) is 0 Å². The molecule has 0 saturated heterocycles. The number of amides is 1. The summed E-state index contributed by atoms with van der Waals surface area (Å²) in [7, 11) is 0. The SMILES string of the molecule is Cc1ncc(C(=O)NC23CC(C2)C3)cc1-c1cc(F)cc(F)c1. The zero-order chi connectivity index (χ0) is 16.2. The van der Waals surface area contributed by atoms with Gasteiger partial charge in [0.2, 0.25) is 0 Å². The average molecular weight is 314 g/mol. The zero-order valence-corrected chi connectivity index (χ0v) is 12.7. The van der Waals surface area contributed by atoms with E-state index in [1.54, 1.807) is 13.0 Å². The van der Waals surface area contributed by atoms with Gasteiger partial charge >= 0.3 is 0 Å². The van der Waals surface area contributed by atoms with E-state index >= 15 is 0 Å². The third kappa shape index (κ3) is 2.40. The highest BCUT2D eigenvalue weighted by molar-refractivity contribution is 5.96. The fourth-order valence-electron chi connectivity index (χ4n) is 3.60. The van der Waals surface area contributed by atoms with E-state index in [9.17, 15) is 13.6 Å². The van der Waals surface area contributed by atoms with Crippen molar-refractivity contribution in [1.82, 2.24) is 10.3 Å². The fourth-order valence-corrected chi connectivity index (χ4v) is 3.60. The lowest BCUT2D eigenvalue weighted by molar-refractivity contribution is -0.0438. The largest absolute Gasteiger partial charge is 0.347 e. The summed E-state index contributed by atoms with van der Waals surface area (Å²) in [6.45, 7) is 1.75. The molecule has 5 heteroatoms. The minimum Gasteiger partial charge on any atom is -0.347 e. The summed E-state index contributed by atoms with van der Waals surface area (Å²) in [6, 6.07) is 4.97. The molecule has 3 aliphatic rings. The smallest absolute Gasteiger partial charge is 0.253 e. The second kappa shape index (κ2) is 4.85. The molecule has 0 unspecified atom stereocenters. The van der Waals surface area contributed by atoms with Crippen molar-refractivity contribution >= 4 is 5.91 Å². The highest BCUT2D eigenvalue weighted by atomic mass is 19.1. The number of carbonyl (C=O) groups excluding carboxylic acids is 1. The third-order valence-electron chi connectivity index (χ3n) is 4.94. The molecule has 3 saturated carbocycles. The minimum atomic E-state index is -0.650. The number of hydrogen-bond donors (Lipinski definition) is 1. The summed E-state index contributed by atoms with van der Waals surface area (Å²) in [4.78, 5) is 16.6. The van der Waals surface area contributed by atoms with Gasteiger partial charge in [-0.25, -0.2) is 8.78 Å². The van der Waals surface area contributed by atoms with Crippen molar-refractivity contribution in [2.45, 2.75) is 31.7 Å². The monoisotopic (exact) mass is 314 g/mol. The number of hydrogen-bond acceptors (Lipinski definition) is 2. The number of benzene rings is 1. The molecule has 2 aromatic rings. The molecule has 0 radical (unpaired) electrons. The number of pyridine rings is 1. The van der Waals surface area contributed by atoms with E-state index < -0.39 is 11.6 Å². The van der Waals surface area contributed by atoms with Gasteiger partial charge in [-0.1, -0.05) is 0 Å². The zero-order valence-electron chi connectivity index (χ0n) is 12.7. The number of nitrogens with one attached hydrogen (secondary N) is 1. The molecule has 23 heavy (non-hydrogen) atoms. The Balaban J connectivity index is 1.66. The summed E-state index contributed by atoms with van der Waals surface area (Å²) in [5, 5.41) is 3.07. The van der Waals surface area contributed by atoms with E-state index in [2.05, 4.69) is 10.3 Å². The molecule has 1 N–H and O–H groups in total. The van der Waals surface area contributed by atoms with Crippen LogP contribution in [-0.4, -0.2) is 16.4 Å². The number of rotatable bonds is 3. The Morgan fingerprint density at radius 3 is 2.39 bits per heavy atom. The molecular formula is C18H16F2N2O. The predicted molar refractivity (Wildman–Crippen MR) is 81.9 cm³/mol. The number of aromatic nitrogens is 1. The van der Waals surface area contributed by atoms with Crippen molar-refractivity contribution in [3.8, 4) is 11.1 Å². The molecule has 1 aromatic carbocycles. The predicted octanol–water partition coefficient (Wildman–Crippen LogP) is 3.62. The first-order valence-electron chi connectivity index (χ1n) is 7.70. The van der Waals surface area contributed by atoms with Crippen molar-refractivity contribution < 1.29 is 13.6 Å². The van der Waals surface area contributed by atoms with Gasteiger partial charge in [0.25, 0.3) is 5.91 Å². The van der Waals surface area contributed by atoms with E-state index in [-0.39, 0.29) is 11.4 Å². The second-order valence-electron chi connectivity index (χ2n) is 6.73. The molecule has 118 valence electrons. The first kappa shape index (κ1) is 14.3. The van der Waals surface area contributed by atoms with Crippen LogP contribution in [0.2, 0.25) is 0 Å². The molecule has 1 heterocycles. The maximum Gasteiger partial charge on any atom is 0.253 e. The molecule has 3 nitrogen and oxygen atoms in total. The highest BCUT2D eigenvalue weighted by Gasteiger charge is 2.57. The van der Waals surface area contributed by atoms with Gasteiger partial charge in [-0.15, -0.1) is 0 Å².